The second-order valence-electron chi connectivity index (χ2n) is 5.61. The average molecular weight is 441 g/mol. The molecule has 0 saturated carbocycles. The summed E-state index contributed by atoms with van der Waals surface area (Å²) in [6.07, 6.45) is -0.718. The molecule has 26 heavy (non-hydrogen) atoms. The van der Waals surface area contributed by atoms with E-state index < -0.39 is 18.1 Å². The zero-order chi connectivity index (χ0) is 19.1. The zero-order valence-corrected chi connectivity index (χ0v) is 16.7. The van der Waals surface area contributed by atoms with Crippen molar-refractivity contribution in [1.82, 2.24) is 5.32 Å². The molecule has 1 N–H and O–H groups in total. The third-order valence-corrected chi connectivity index (χ3v) is 4.46. The number of amides is 1. The van der Waals surface area contributed by atoms with Gasteiger partial charge in [-0.3, -0.25) is 9.59 Å². The summed E-state index contributed by atoms with van der Waals surface area (Å²) >= 11 is 9.21. The van der Waals surface area contributed by atoms with Gasteiger partial charge in [0.05, 0.1) is 19.6 Å². The molecule has 2 rings (SSSR count). The lowest BCUT2D eigenvalue weighted by Gasteiger charge is -2.21. The van der Waals surface area contributed by atoms with Gasteiger partial charge in [0.25, 0.3) is 5.91 Å². The monoisotopic (exact) mass is 439 g/mol. The maximum atomic E-state index is 12.5. The molecule has 2 unspecified atom stereocenters. The summed E-state index contributed by atoms with van der Waals surface area (Å²) in [6, 6.07) is 13.6. The predicted molar refractivity (Wildman–Crippen MR) is 103 cm³/mol. The molecule has 0 saturated heterocycles. The van der Waals surface area contributed by atoms with Crippen LogP contribution in [0.2, 0.25) is 5.02 Å². The largest absolute Gasteiger partial charge is 0.481 e. The molecule has 0 aliphatic carbocycles. The van der Waals surface area contributed by atoms with Gasteiger partial charge >= 0.3 is 5.97 Å². The van der Waals surface area contributed by atoms with Crippen molar-refractivity contribution in [3.05, 3.63) is 63.6 Å². The number of nitrogens with one attached hydrogen (secondary N) is 1. The van der Waals surface area contributed by atoms with Crippen LogP contribution in [-0.2, 0) is 14.3 Å². The number of benzene rings is 2. The van der Waals surface area contributed by atoms with Crippen LogP contribution in [0.3, 0.4) is 0 Å². The van der Waals surface area contributed by atoms with Crippen LogP contribution in [0.5, 0.6) is 5.75 Å². The van der Waals surface area contributed by atoms with Crippen LogP contribution < -0.4 is 10.1 Å². The van der Waals surface area contributed by atoms with Crippen LogP contribution >= 0.6 is 27.5 Å². The molecule has 2 aromatic rings. The molecule has 0 fully saturated rings. The Morgan fingerprint density at radius 2 is 1.73 bits per heavy atom. The van der Waals surface area contributed by atoms with E-state index in [2.05, 4.69) is 21.2 Å². The number of rotatable bonds is 7. The van der Waals surface area contributed by atoms with E-state index in [-0.39, 0.29) is 12.3 Å². The van der Waals surface area contributed by atoms with Crippen molar-refractivity contribution in [2.75, 3.05) is 7.11 Å². The van der Waals surface area contributed by atoms with Crippen LogP contribution in [0, 0.1) is 0 Å². The van der Waals surface area contributed by atoms with Crippen molar-refractivity contribution in [3.8, 4) is 5.75 Å². The minimum atomic E-state index is -0.744. The maximum Gasteiger partial charge on any atom is 0.307 e. The summed E-state index contributed by atoms with van der Waals surface area (Å²) in [5.74, 6) is -0.216. The highest BCUT2D eigenvalue weighted by Crippen LogP contribution is 2.21. The fourth-order valence-corrected chi connectivity index (χ4v) is 2.65. The quantitative estimate of drug-likeness (QED) is 0.652. The van der Waals surface area contributed by atoms with Crippen LogP contribution in [-0.4, -0.2) is 25.1 Å². The molecule has 0 aromatic heterocycles. The number of hydrogen-bond donors (Lipinski definition) is 1. The molecule has 0 aliphatic rings. The van der Waals surface area contributed by atoms with E-state index in [1.54, 1.807) is 31.2 Å². The average Bonchev–Trinajstić information content (AvgIpc) is 2.63. The Bertz CT molecular complexity index is 749. The van der Waals surface area contributed by atoms with Crippen molar-refractivity contribution in [3.63, 3.8) is 0 Å². The summed E-state index contributed by atoms with van der Waals surface area (Å²) < 4.78 is 11.3. The van der Waals surface area contributed by atoms with E-state index >= 15 is 0 Å². The Labute approximate surface area is 165 Å². The molecule has 5 nitrogen and oxygen atoms in total. The Hall–Kier alpha value is -2.05. The zero-order valence-electron chi connectivity index (χ0n) is 14.4. The molecule has 1 amide bonds. The van der Waals surface area contributed by atoms with Gasteiger partial charge in [-0.2, -0.15) is 0 Å². The summed E-state index contributed by atoms with van der Waals surface area (Å²) in [4.78, 5) is 24.2. The number of methoxy groups -OCH3 is 1. The molecule has 0 spiro atoms. The minimum Gasteiger partial charge on any atom is -0.481 e. The first-order valence-corrected chi connectivity index (χ1v) is 9.11. The summed E-state index contributed by atoms with van der Waals surface area (Å²) in [5.41, 5.74) is 0.797. The lowest BCUT2D eigenvalue weighted by atomic mass is 10.0. The lowest BCUT2D eigenvalue weighted by Crippen LogP contribution is -2.39. The number of esters is 1. The molecule has 0 heterocycles. The second-order valence-corrected chi connectivity index (χ2v) is 6.96. The van der Waals surface area contributed by atoms with E-state index in [9.17, 15) is 9.59 Å². The van der Waals surface area contributed by atoms with E-state index in [0.29, 0.717) is 10.8 Å². The van der Waals surface area contributed by atoms with E-state index in [4.69, 9.17) is 21.1 Å². The van der Waals surface area contributed by atoms with Gasteiger partial charge in [-0.15, -0.1) is 0 Å². The number of carbonyl (C=O) groups excluding carboxylic acids is 2. The van der Waals surface area contributed by atoms with Crippen molar-refractivity contribution >= 4 is 39.4 Å². The van der Waals surface area contributed by atoms with Crippen LogP contribution in [0.4, 0.5) is 0 Å². The molecule has 0 bridgehead atoms. The Balaban J connectivity index is 2.07. The Kier molecular flexibility index (Phi) is 7.48. The van der Waals surface area contributed by atoms with Gasteiger partial charge in [-0.25, -0.2) is 0 Å². The number of hydrogen-bond acceptors (Lipinski definition) is 4. The number of carbonyl (C=O) groups is 2. The molecule has 0 radical (unpaired) electrons. The topological polar surface area (TPSA) is 64.6 Å². The highest BCUT2D eigenvalue weighted by Gasteiger charge is 2.23. The first-order valence-electron chi connectivity index (χ1n) is 7.94. The van der Waals surface area contributed by atoms with Gasteiger partial charge in [0, 0.05) is 9.50 Å². The van der Waals surface area contributed by atoms with Gasteiger partial charge in [0.1, 0.15) is 5.75 Å². The standard InChI is InChI=1S/C19H19BrClNO4/c1-12(26-16-9-7-15(21)8-10-16)19(24)22-17(11-18(23)25-2)13-3-5-14(20)6-4-13/h3-10,12,17H,11H2,1-2H3,(H,22,24). The SMILES string of the molecule is COC(=O)CC(NC(=O)C(C)Oc1ccc(Cl)cc1)c1ccc(Br)cc1. The summed E-state index contributed by atoms with van der Waals surface area (Å²) in [7, 11) is 1.31. The van der Waals surface area contributed by atoms with Gasteiger partial charge in [0.15, 0.2) is 6.10 Å². The van der Waals surface area contributed by atoms with Crippen LogP contribution in [0.15, 0.2) is 53.0 Å². The van der Waals surface area contributed by atoms with E-state index in [1.807, 2.05) is 24.3 Å². The third kappa shape index (κ3) is 6.04. The predicted octanol–water partition coefficient (Wildman–Crippen LogP) is 4.29. The van der Waals surface area contributed by atoms with E-state index in [0.717, 1.165) is 10.0 Å². The van der Waals surface area contributed by atoms with Crippen LogP contribution in [0.25, 0.3) is 0 Å². The van der Waals surface area contributed by atoms with Crippen molar-refractivity contribution < 1.29 is 19.1 Å². The van der Waals surface area contributed by atoms with E-state index in [1.165, 1.54) is 7.11 Å². The Morgan fingerprint density at radius 3 is 2.31 bits per heavy atom. The van der Waals surface area contributed by atoms with Crippen molar-refractivity contribution in [2.24, 2.45) is 0 Å². The normalized spacial score (nSPS) is 12.8. The summed E-state index contributed by atoms with van der Waals surface area (Å²) in [5, 5.41) is 3.43. The summed E-state index contributed by atoms with van der Waals surface area (Å²) in [6.45, 7) is 1.64. The van der Waals surface area contributed by atoms with Gasteiger partial charge in [0.2, 0.25) is 0 Å². The first kappa shape index (κ1) is 20.3. The fourth-order valence-electron chi connectivity index (χ4n) is 2.26. The number of halogens is 2. The third-order valence-electron chi connectivity index (χ3n) is 3.68. The molecular weight excluding hydrogens is 422 g/mol. The smallest absolute Gasteiger partial charge is 0.307 e. The fraction of sp³-hybridized carbons (Fsp3) is 0.263. The first-order chi connectivity index (χ1) is 12.4. The van der Waals surface area contributed by atoms with Crippen molar-refractivity contribution in [1.29, 1.82) is 0 Å². The minimum absolute atomic E-state index is 0.0253. The van der Waals surface area contributed by atoms with Gasteiger partial charge in [-0.05, 0) is 48.9 Å². The molecule has 138 valence electrons. The highest BCUT2D eigenvalue weighted by molar-refractivity contribution is 9.10. The highest BCUT2D eigenvalue weighted by atomic mass is 79.9. The molecule has 7 heteroatoms. The molecule has 0 aliphatic heterocycles. The molecule has 2 aromatic carbocycles. The number of ether oxygens (including phenoxy) is 2. The maximum absolute atomic E-state index is 12.5. The molecule has 2 atom stereocenters. The van der Waals surface area contributed by atoms with Crippen molar-refractivity contribution in [2.45, 2.75) is 25.5 Å². The Morgan fingerprint density at radius 1 is 1.12 bits per heavy atom. The van der Waals surface area contributed by atoms with Crippen LogP contribution in [0.1, 0.15) is 24.9 Å². The lowest BCUT2D eigenvalue weighted by molar-refractivity contribution is -0.141. The van der Waals surface area contributed by atoms with Gasteiger partial charge < -0.3 is 14.8 Å². The second kappa shape index (κ2) is 9.59. The molecular formula is C19H19BrClNO4. The van der Waals surface area contributed by atoms with Gasteiger partial charge in [-0.1, -0.05) is 39.7 Å².